The van der Waals surface area contributed by atoms with Gasteiger partial charge in [-0.15, -0.1) is 0 Å². The van der Waals surface area contributed by atoms with Crippen LogP contribution in [-0.4, -0.2) is 30.6 Å². The molecule has 0 fully saturated rings. The van der Waals surface area contributed by atoms with E-state index in [4.69, 9.17) is 0 Å². The van der Waals surface area contributed by atoms with Gasteiger partial charge in [-0.25, -0.2) is 4.79 Å². The first-order valence-corrected chi connectivity index (χ1v) is 4.24. The van der Waals surface area contributed by atoms with Crippen LogP contribution in [0, 0.1) is 0 Å². The van der Waals surface area contributed by atoms with Gasteiger partial charge in [0.15, 0.2) is 0 Å². The van der Waals surface area contributed by atoms with Crippen molar-refractivity contribution in [2.45, 2.75) is 24.9 Å². The molecule has 2 nitrogen and oxygen atoms in total. The van der Waals surface area contributed by atoms with Crippen LogP contribution in [0.2, 0.25) is 0 Å². The van der Waals surface area contributed by atoms with Crippen LogP contribution in [0.5, 0.6) is 0 Å². The maximum atomic E-state index is 12.6. The van der Waals surface area contributed by atoms with Crippen LogP contribution in [0.15, 0.2) is 11.9 Å². The van der Waals surface area contributed by atoms with Crippen molar-refractivity contribution in [2.24, 2.45) is 0 Å². The second-order valence-electron chi connectivity index (χ2n) is 2.91. The lowest BCUT2D eigenvalue weighted by molar-refractivity contribution is -0.342. The predicted octanol–water partition coefficient (Wildman–Crippen LogP) is 3.24. The molecule has 0 aromatic rings. The third-order valence-corrected chi connectivity index (χ3v) is 1.55. The standard InChI is InChI=1S/C8H6F8O2/c1-2-18-5(17)4(9)3-6(10,11)7(12,13)8(14,15)16/h3H,2H2,1H3/b4-3+. The summed E-state index contributed by atoms with van der Waals surface area (Å²) >= 11 is 0. The van der Waals surface area contributed by atoms with Crippen LogP contribution in [0.25, 0.3) is 0 Å². The lowest BCUT2D eigenvalue weighted by atomic mass is 10.1. The summed E-state index contributed by atoms with van der Waals surface area (Å²) in [6, 6.07) is 0. The topological polar surface area (TPSA) is 26.3 Å². The van der Waals surface area contributed by atoms with Crippen LogP contribution in [0.3, 0.4) is 0 Å². The van der Waals surface area contributed by atoms with E-state index in [1.165, 1.54) is 0 Å². The summed E-state index contributed by atoms with van der Waals surface area (Å²) in [6.45, 7) is 0.676. The Kier molecular flexibility index (Phi) is 4.72. The van der Waals surface area contributed by atoms with Crippen LogP contribution in [0.4, 0.5) is 35.1 Å². The SMILES string of the molecule is CCOC(=O)/C(F)=C\C(F)(F)C(F)(F)C(F)(F)F. The Morgan fingerprint density at radius 1 is 1.11 bits per heavy atom. The van der Waals surface area contributed by atoms with Crippen molar-refractivity contribution in [3.8, 4) is 0 Å². The number of ether oxygens (including phenoxy) is 1. The van der Waals surface area contributed by atoms with Crippen molar-refractivity contribution < 1.29 is 44.7 Å². The highest BCUT2D eigenvalue weighted by Crippen LogP contribution is 2.47. The van der Waals surface area contributed by atoms with E-state index in [9.17, 15) is 39.9 Å². The van der Waals surface area contributed by atoms with E-state index >= 15 is 0 Å². The lowest BCUT2D eigenvalue weighted by Crippen LogP contribution is -2.51. The molecule has 0 amide bonds. The van der Waals surface area contributed by atoms with Gasteiger partial charge in [0, 0.05) is 6.08 Å². The highest BCUT2D eigenvalue weighted by Gasteiger charge is 2.72. The summed E-state index contributed by atoms with van der Waals surface area (Å²) in [5.41, 5.74) is 0. The van der Waals surface area contributed by atoms with Gasteiger partial charge in [0.25, 0.3) is 0 Å². The minimum absolute atomic E-state index is 0.471. The Bertz CT molecular complexity index is 343. The number of rotatable bonds is 4. The normalized spacial score (nSPS) is 14.6. The first-order chi connectivity index (χ1) is 7.87. The summed E-state index contributed by atoms with van der Waals surface area (Å²) in [7, 11) is 0. The van der Waals surface area contributed by atoms with Gasteiger partial charge in [0.1, 0.15) is 0 Å². The second-order valence-corrected chi connectivity index (χ2v) is 2.91. The number of esters is 1. The van der Waals surface area contributed by atoms with Crippen molar-refractivity contribution in [3.63, 3.8) is 0 Å². The first kappa shape index (κ1) is 16.6. The Balaban J connectivity index is 5.29. The first-order valence-electron chi connectivity index (χ1n) is 4.24. The summed E-state index contributed by atoms with van der Waals surface area (Å²) in [6.07, 6.45) is -8.01. The molecule has 0 saturated heterocycles. The van der Waals surface area contributed by atoms with Gasteiger partial charge in [-0.3, -0.25) is 0 Å². The minimum Gasteiger partial charge on any atom is -0.461 e. The van der Waals surface area contributed by atoms with E-state index in [-0.39, 0.29) is 0 Å². The molecule has 0 radical (unpaired) electrons. The Hall–Kier alpha value is -1.35. The molecule has 0 aliphatic heterocycles. The van der Waals surface area contributed by atoms with Crippen LogP contribution < -0.4 is 0 Å². The Morgan fingerprint density at radius 3 is 1.89 bits per heavy atom. The fraction of sp³-hybridized carbons (Fsp3) is 0.625. The maximum absolute atomic E-state index is 12.6. The van der Waals surface area contributed by atoms with Gasteiger partial charge in [0.2, 0.25) is 5.83 Å². The molecular weight excluding hydrogens is 280 g/mol. The molecule has 0 spiro atoms. The van der Waals surface area contributed by atoms with Crippen LogP contribution in [-0.2, 0) is 9.53 Å². The fourth-order valence-electron chi connectivity index (χ4n) is 0.698. The van der Waals surface area contributed by atoms with Gasteiger partial charge in [-0.2, -0.15) is 35.1 Å². The van der Waals surface area contributed by atoms with Gasteiger partial charge >= 0.3 is 24.0 Å². The minimum atomic E-state index is -6.60. The predicted molar refractivity (Wildman–Crippen MR) is 41.8 cm³/mol. The zero-order valence-electron chi connectivity index (χ0n) is 8.62. The maximum Gasteiger partial charge on any atom is 0.460 e. The van der Waals surface area contributed by atoms with Crippen molar-refractivity contribution in [1.82, 2.24) is 0 Å². The lowest BCUT2D eigenvalue weighted by Gasteiger charge is -2.25. The smallest absolute Gasteiger partial charge is 0.460 e. The van der Waals surface area contributed by atoms with Crippen LogP contribution >= 0.6 is 0 Å². The molecule has 0 aromatic heterocycles. The highest BCUT2D eigenvalue weighted by molar-refractivity contribution is 5.86. The average Bonchev–Trinajstić information content (AvgIpc) is 2.15. The number of alkyl halides is 7. The molecule has 10 heteroatoms. The zero-order chi connectivity index (χ0) is 14.8. The number of hydrogen-bond donors (Lipinski definition) is 0. The molecule has 0 bridgehead atoms. The molecule has 0 aliphatic rings. The number of carbonyl (C=O) groups is 1. The van der Waals surface area contributed by atoms with E-state index in [0.29, 0.717) is 0 Å². The van der Waals surface area contributed by atoms with Gasteiger partial charge in [-0.1, -0.05) is 0 Å². The largest absolute Gasteiger partial charge is 0.461 e. The summed E-state index contributed by atoms with van der Waals surface area (Å²) in [5, 5.41) is 0. The monoisotopic (exact) mass is 286 g/mol. The van der Waals surface area contributed by atoms with Gasteiger partial charge in [0.05, 0.1) is 6.61 Å². The quantitative estimate of drug-likeness (QED) is 0.450. The molecule has 0 saturated carbocycles. The van der Waals surface area contributed by atoms with E-state index in [0.717, 1.165) is 6.92 Å². The summed E-state index contributed by atoms with van der Waals surface area (Å²) in [5.74, 6) is -17.0. The number of allylic oxidation sites excluding steroid dienone is 1. The Morgan fingerprint density at radius 2 is 1.56 bits per heavy atom. The van der Waals surface area contributed by atoms with E-state index in [2.05, 4.69) is 4.74 Å². The molecule has 18 heavy (non-hydrogen) atoms. The van der Waals surface area contributed by atoms with Crippen molar-refractivity contribution >= 4 is 5.97 Å². The van der Waals surface area contributed by atoms with E-state index in [1.54, 1.807) is 0 Å². The molecule has 0 atom stereocenters. The third-order valence-electron chi connectivity index (χ3n) is 1.55. The summed E-state index contributed by atoms with van der Waals surface area (Å²) < 4.78 is 101. The second kappa shape index (κ2) is 5.11. The number of carbonyl (C=O) groups excluding carboxylic acids is 1. The molecule has 0 N–H and O–H groups in total. The molecule has 0 rings (SSSR count). The zero-order valence-corrected chi connectivity index (χ0v) is 8.62. The molecule has 0 aliphatic carbocycles. The molecule has 0 unspecified atom stereocenters. The number of hydrogen-bond acceptors (Lipinski definition) is 2. The molecule has 0 heterocycles. The third kappa shape index (κ3) is 3.33. The summed E-state index contributed by atoms with van der Waals surface area (Å²) in [4.78, 5) is 10.5. The van der Waals surface area contributed by atoms with E-state index < -0.39 is 42.5 Å². The van der Waals surface area contributed by atoms with Gasteiger partial charge in [-0.05, 0) is 6.92 Å². The van der Waals surface area contributed by atoms with Gasteiger partial charge < -0.3 is 4.74 Å². The molecule has 0 aromatic carbocycles. The number of halogens is 8. The molecular formula is C8H6F8O2. The van der Waals surface area contributed by atoms with Crippen molar-refractivity contribution in [1.29, 1.82) is 0 Å². The van der Waals surface area contributed by atoms with Crippen molar-refractivity contribution in [3.05, 3.63) is 11.9 Å². The highest BCUT2D eigenvalue weighted by atomic mass is 19.4. The Labute approximate surface area is 95.2 Å². The molecule has 106 valence electrons. The van der Waals surface area contributed by atoms with Crippen LogP contribution in [0.1, 0.15) is 6.92 Å². The van der Waals surface area contributed by atoms with Crippen molar-refractivity contribution in [2.75, 3.05) is 6.61 Å². The van der Waals surface area contributed by atoms with E-state index in [1.807, 2.05) is 0 Å². The fourth-order valence-corrected chi connectivity index (χ4v) is 0.698. The average molecular weight is 286 g/mol.